The summed E-state index contributed by atoms with van der Waals surface area (Å²) in [5.74, 6) is 6.87. The molecule has 0 aliphatic heterocycles. The van der Waals surface area contributed by atoms with Gasteiger partial charge < -0.3 is 93.7 Å². The highest BCUT2D eigenvalue weighted by Crippen LogP contribution is 2.32. The standard InChI is InChI=1S/C23H25N5.C19H25N5.C18H23N5.C16H20N6.C14H23N5.C13H21N5/c1-2-3-14-25-22-21-20(26-23(24)27-22)13-15-28(21)16-18-11-7-8-12-19(18)17-9-5-4-6-10-17;1-2-3-12-21-18-17-16(22-19(20)23-18)11-14-24(17)13-7-10-15-8-5-4-6-9-15;1-2-3-11-20-17-16-15(21-18(19)22-17)10-13-23(16)12-9-14-7-5-4-6-8-14;1-2-3-8-19-15-14-13(20-16(17)21-15)7-10-22(14)11-12-6-4-5-9-18-12;1-3-5-8-16-13-12-11(17-14(15)18-13)7-10-19(12)9-6-4-2;1-3-5-7-15-12-11-10(16-13(14)17-12)6-9-18(11)8-4-2/h4-13,15H,2-3,14,16H2,1H3,(H3,24,25,26,27);4-6,8-9,11,14H,2-3,7,10,12-13H2,1H3,(H3,20,21,22,23);4-8,10,13H,2-3,9,11-12H2,1H3,(H3,19,20,21,22);4-7,9-10H,2-3,8,11H2,1H3,(H3,17,19,20,21);7,10H,3-6,8-9H2,1-2H3,(H3,15,16,17,18);6,9H,3-5,7-8H2,1-2H3,(H3,14,15,16,17). The summed E-state index contributed by atoms with van der Waals surface area (Å²) in [4.78, 5) is 56.7. The predicted octanol–water partition coefficient (Wildman–Crippen LogP) is 20.6. The van der Waals surface area contributed by atoms with E-state index in [1.807, 2.05) is 79.1 Å². The number of rotatable bonds is 41. The van der Waals surface area contributed by atoms with Crippen molar-refractivity contribution in [2.24, 2.45) is 0 Å². The number of pyridine rings is 1. The lowest BCUT2D eigenvalue weighted by molar-refractivity contribution is 0.649. The maximum absolute atomic E-state index is 5.92. The Balaban J connectivity index is 0.000000146. The molecule has 13 aromatic heterocycles. The van der Waals surface area contributed by atoms with Crippen molar-refractivity contribution >= 4 is 137 Å². The van der Waals surface area contributed by atoms with Gasteiger partial charge in [-0.3, -0.25) is 4.98 Å². The van der Waals surface area contributed by atoms with Crippen LogP contribution >= 0.6 is 0 Å². The lowest BCUT2D eigenvalue weighted by Gasteiger charge is -2.14. The van der Waals surface area contributed by atoms with Crippen molar-refractivity contribution in [2.45, 2.75) is 210 Å². The van der Waals surface area contributed by atoms with E-state index in [4.69, 9.17) is 34.4 Å². The first-order valence-electron chi connectivity index (χ1n) is 47.9. The zero-order valence-corrected chi connectivity index (χ0v) is 79.4. The van der Waals surface area contributed by atoms with Crippen molar-refractivity contribution in [2.75, 3.05) is 106 Å². The summed E-state index contributed by atoms with van der Waals surface area (Å²) in [7, 11) is 0. The van der Waals surface area contributed by atoms with Crippen LogP contribution in [-0.4, -0.2) is 131 Å². The van der Waals surface area contributed by atoms with Crippen LogP contribution in [0.1, 0.15) is 181 Å². The molecule has 0 fully saturated rings. The molecule has 4 aromatic carbocycles. The molecule has 0 aliphatic rings. The lowest BCUT2D eigenvalue weighted by atomic mass is 10.00. The summed E-state index contributed by atoms with van der Waals surface area (Å²) in [5, 5.41) is 20.4. The van der Waals surface area contributed by atoms with Crippen molar-refractivity contribution in [3.05, 3.63) is 236 Å². The molecular formula is C103H137N31. The smallest absolute Gasteiger partial charge is 0.222 e. The average Bonchev–Trinajstić information content (AvgIpc) is 1.64. The molecule has 13 heterocycles. The van der Waals surface area contributed by atoms with Crippen molar-refractivity contribution in [3.8, 4) is 11.1 Å². The van der Waals surface area contributed by atoms with Crippen molar-refractivity contribution in [1.29, 1.82) is 0 Å². The molecule has 0 atom stereocenters. The topological polar surface area (TPSA) is 425 Å². The molecule has 18 N–H and O–H groups in total. The van der Waals surface area contributed by atoms with Crippen LogP contribution in [0.2, 0.25) is 0 Å². The minimum Gasteiger partial charge on any atom is -0.368 e. The van der Waals surface area contributed by atoms with Gasteiger partial charge in [0.2, 0.25) is 35.7 Å². The first kappa shape index (κ1) is 98.4. The second kappa shape index (κ2) is 51.8. The zero-order valence-electron chi connectivity index (χ0n) is 79.4. The Morgan fingerprint density at radius 2 is 0.537 bits per heavy atom. The molecule has 0 unspecified atom stereocenters. The molecule has 704 valence electrons. The Bertz CT molecular complexity index is 6380. The van der Waals surface area contributed by atoms with E-state index in [-0.39, 0.29) is 0 Å². The number of nitrogens with zero attached hydrogens (tertiary/aromatic N) is 19. The third-order valence-corrected chi connectivity index (χ3v) is 22.6. The fraction of sp³-hybridized carbons (Fsp3) is 0.369. The highest BCUT2D eigenvalue weighted by Gasteiger charge is 2.20. The fourth-order valence-electron chi connectivity index (χ4n) is 15.8. The van der Waals surface area contributed by atoms with E-state index < -0.39 is 0 Å². The zero-order chi connectivity index (χ0) is 94.2. The monoisotopic (exact) mass is 1810 g/mol. The second-order valence-electron chi connectivity index (χ2n) is 33.1. The molecular weight excluding hydrogens is 1670 g/mol. The van der Waals surface area contributed by atoms with Crippen LogP contribution in [0.15, 0.2) is 213 Å². The summed E-state index contributed by atoms with van der Waals surface area (Å²) in [6, 6.07) is 58.0. The molecule has 0 amide bonds. The van der Waals surface area contributed by atoms with Crippen LogP contribution in [0.4, 0.5) is 70.6 Å². The Morgan fingerprint density at radius 3 is 0.881 bits per heavy atom. The number of hydrogen-bond acceptors (Lipinski definition) is 25. The maximum atomic E-state index is 5.92. The molecule has 134 heavy (non-hydrogen) atoms. The van der Waals surface area contributed by atoms with Gasteiger partial charge in [0, 0.05) is 115 Å². The molecule has 17 rings (SSSR count). The molecule has 0 saturated carbocycles. The van der Waals surface area contributed by atoms with Gasteiger partial charge >= 0.3 is 0 Å². The SMILES string of the molecule is CCCCNc1nc(N)nc2ccn(CCC)c12.CCCCNc1nc(N)nc2ccn(CCCC)c12.CCCCNc1nc(N)nc2ccn(CCCc3ccccc3)c12.CCCCNc1nc(N)nc2ccn(CCc3ccccc3)c12.CCCCNc1nc(N)nc2ccn(Cc3ccccc3-c3ccccc3)c12.CCCCNc1nc(N)nc2ccn(Cc3ccccn3)c12. The summed E-state index contributed by atoms with van der Waals surface area (Å²) in [6.45, 7) is 28.0. The average molecular weight is 1810 g/mol. The fourth-order valence-corrected chi connectivity index (χ4v) is 15.8. The number of fused-ring (bicyclic) bond motifs is 6. The third-order valence-electron chi connectivity index (χ3n) is 22.6. The van der Waals surface area contributed by atoms with Gasteiger partial charge in [-0.05, 0) is 147 Å². The summed E-state index contributed by atoms with van der Waals surface area (Å²) in [5.41, 5.74) is 53.8. The minimum absolute atomic E-state index is 0.294. The van der Waals surface area contributed by atoms with Crippen LogP contribution in [-0.2, 0) is 52.1 Å². The number of nitrogens with two attached hydrogens (primary N) is 6. The van der Waals surface area contributed by atoms with Gasteiger partial charge in [-0.1, -0.05) is 222 Å². The van der Waals surface area contributed by atoms with Crippen LogP contribution in [0.3, 0.4) is 0 Å². The van der Waals surface area contributed by atoms with E-state index in [0.29, 0.717) is 42.2 Å². The second-order valence-corrected chi connectivity index (χ2v) is 33.1. The number of nitrogen functional groups attached to an aromatic ring is 6. The predicted molar refractivity (Wildman–Crippen MR) is 556 cm³/mol. The van der Waals surface area contributed by atoms with E-state index in [9.17, 15) is 0 Å². The Labute approximate surface area is 787 Å². The van der Waals surface area contributed by atoms with Crippen LogP contribution in [0, 0.1) is 0 Å². The Morgan fingerprint density at radius 1 is 0.246 bits per heavy atom. The lowest BCUT2D eigenvalue weighted by Crippen LogP contribution is -2.09. The van der Waals surface area contributed by atoms with E-state index in [1.165, 1.54) is 34.2 Å². The summed E-state index contributed by atoms with van der Waals surface area (Å²) >= 11 is 0. The Kier molecular flexibility index (Phi) is 38.0. The van der Waals surface area contributed by atoms with E-state index in [0.717, 1.165) is 288 Å². The first-order valence-corrected chi connectivity index (χ1v) is 47.9. The van der Waals surface area contributed by atoms with Crippen molar-refractivity contribution in [3.63, 3.8) is 0 Å². The quantitative estimate of drug-likeness (QED) is 0.0158. The van der Waals surface area contributed by atoms with Gasteiger partial charge in [0.25, 0.3) is 0 Å². The van der Waals surface area contributed by atoms with E-state index >= 15 is 0 Å². The van der Waals surface area contributed by atoms with Gasteiger partial charge in [-0.2, -0.15) is 29.9 Å². The maximum Gasteiger partial charge on any atom is 0.222 e. The molecule has 0 spiro atoms. The van der Waals surface area contributed by atoms with Gasteiger partial charge in [-0.25, -0.2) is 29.9 Å². The molecule has 0 saturated heterocycles. The number of benzene rings is 4. The highest BCUT2D eigenvalue weighted by molar-refractivity contribution is 5.92. The Hall–Kier alpha value is -14.7. The third kappa shape index (κ3) is 28.0. The van der Waals surface area contributed by atoms with Gasteiger partial charge in [-0.15, -0.1) is 0 Å². The number of anilines is 12. The number of hydrogen-bond donors (Lipinski definition) is 12. The number of aromatic nitrogens is 19. The van der Waals surface area contributed by atoms with Crippen LogP contribution in [0.5, 0.6) is 0 Å². The minimum atomic E-state index is 0.294. The molecule has 31 nitrogen and oxygen atoms in total. The molecule has 0 aliphatic carbocycles. The van der Waals surface area contributed by atoms with Crippen molar-refractivity contribution in [1.82, 2.24) is 92.2 Å². The molecule has 31 heteroatoms. The first-order chi connectivity index (χ1) is 65.6. The molecule has 0 bridgehead atoms. The summed E-state index contributed by atoms with van der Waals surface area (Å²) in [6.07, 6.45) is 34.2. The van der Waals surface area contributed by atoms with E-state index in [2.05, 4.69) is 307 Å². The van der Waals surface area contributed by atoms with Crippen LogP contribution in [0.25, 0.3) is 77.3 Å². The van der Waals surface area contributed by atoms with Gasteiger partial charge in [0.1, 0.15) is 33.1 Å². The number of nitrogens with one attached hydrogen (secondary N) is 6. The van der Waals surface area contributed by atoms with Gasteiger partial charge in [0.05, 0.1) is 45.3 Å². The normalized spacial score (nSPS) is 11.0. The van der Waals surface area contributed by atoms with Crippen molar-refractivity contribution < 1.29 is 0 Å². The highest BCUT2D eigenvalue weighted by atomic mass is 15.2. The molecule has 17 aromatic rings. The largest absolute Gasteiger partial charge is 0.368 e. The summed E-state index contributed by atoms with van der Waals surface area (Å²) < 4.78 is 13.1. The molecule has 0 radical (unpaired) electrons. The van der Waals surface area contributed by atoms with E-state index in [1.54, 1.807) is 6.20 Å². The number of unbranched alkanes of at least 4 members (excludes halogenated alkanes) is 7. The van der Waals surface area contributed by atoms with Gasteiger partial charge in [0.15, 0.2) is 34.9 Å². The number of aryl methyl sites for hydroxylation is 6. The van der Waals surface area contributed by atoms with Crippen LogP contribution < -0.4 is 66.3 Å².